The lowest BCUT2D eigenvalue weighted by molar-refractivity contribution is -0.179. The van der Waals surface area contributed by atoms with E-state index >= 15 is 0 Å². The van der Waals surface area contributed by atoms with E-state index in [1.54, 1.807) is 13.8 Å². The fourth-order valence-corrected chi connectivity index (χ4v) is 5.27. The molecule has 0 bridgehead atoms. The maximum Gasteiger partial charge on any atom is 0.324 e. The van der Waals surface area contributed by atoms with Gasteiger partial charge in [-0.25, -0.2) is 0 Å². The van der Waals surface area contributed by atoms with Crippen LogP contribution in [0.3, 0.4) is 0 Å². The Kier molecular flexibility index (Phi) is 4.66. The number of rotatable bonds is 5. The highest BCUT2D eigenvalue weighted by molar-refractivity contribution is 6.13. The highest BCUT2D eigenvalue weighted by Gasteiger charge is 2.72. The molecule has 1 aromatic carbocycles. The minimum absolute atomic E-state index is 0.0437. The van der Waals surface area contributed by atoms with Crippen molar-refractivity contribution in [3.63, 3.8) is 0 Å². The largest absolute Gasteiger partial charge is 0.465 e. The van der Waals surface area contributed by atoms with Crippen molar-refractivity contribution in [3.05, 3.63) is 35.9 Å². The number of oxime groups is 1. The molecule has 4 rings (SSSR count). The van der Waals surface area contributed by atoms with Crippen LogP contribution < -0.4 is 0 Å². The molecule has 0 radical (unpaired) electrons. The van der Waals surface area contributed by atoms with Gasteiger partial charge in [-0.2, -0.15) is 0 Å². The van der Waals surface area contributed by atoms with Gasteiger partial charge in [0.05, 0.1) is 24.8 Å². The standard InChI is InChI=1S/C21H25NO5/c1-3-25-19(23)21(20(24)26-4-2)14-11-8-12-15-16(14)18(22-27-15)17(21)13-9-6-5-7-10-13/h5-7,9-10,14-17H,3-4,8,11-12H2,1-2H3/t14-,15+,16-,17-/m1/s1. The van der Waals surface area contributed by atoms with Crippen LogP contribution in [0.4, 0.5) is 0 Å². The Balaban J connectivity index is 1.93. The Labute approximate surface area is 158 Å². The first-order chi connectivity index (χ1) is 13.2. The molecule has 2 aliphatic carbocycles. The van der Waals surface area contributed by atoms with Crippen molar-refractivity contribution in [3.8, 4) is 0 Å². The third-order valence-electron chi connectivity index (χ3n) is 6.17. The van der Waals surface area contributed by atoms with Crippen LogP contribution >= 0.6 is 0 Å². The van der Waals surface area contributed by atoms with Crippen LogP contribution in [0.15, 0.2) is 35.5 Å². The summed E-state index contributed by atoms with van der Waals surface area (Å²) in [5.74, 6) is -1.78. The molecular weight excluding hydrogens is 346 g/mol. The second kappa shape index (κ2) is 6.98. The van der Waals surface area contributed by atoms with Crippen molar-refractivity contribution in [2.24, 2.45) is 22.4 Å². The Morgan fingerprint density at radius 3 is 2.41 bits per heavy atom. The van der Waals surface area contributed by atoms with Gasteiger partial charge in [0.2, 0.25) is 0 Å². The Hall–Kier alpha value is -2.37. The highest BCUT2D eigenvalue weighted by atomic mass is 16.6. The van der Waals surface area contributed by atoms with E-state index in [0.29, 0.717) is 0 Å². The fraction of sp³-hybridized carbons (Fsp3) is 0.571. The molecule has 0 aromatic heterocycles. The zero-order valence-corrected chi connectivity index (χ0v) is 15.7. The van der Waals surface area contributed by atoms with E-state index < -0.39 is 23.3 Å². The van der Waals surface area contributed by atoms with Crippen LogP contribution in [-0.4, -0.2) is 37.0 Å². The minimum Gasteiger partial charge on any atom is -0.465 e. The SMILES string of the molecule is CCOC(=O)C1(C(=O)OCC)[C@@H]2CCC[C@@H]3ON=C([C@@H]32)[C@H]1c1ccccc1. The molecule has 1 heterocycles. The smallest absolute Gasteiger partial charge is 0.324 e. The summed E-state index contributed by atoms with van der Waals surface area (Å²) < 4.78 is 10.9. The first-order valence-electron chi connectivity index (χ1n) is 9.79. The van der Waals surface area contributed by atoms with Gasteiger partial charge in [-0.15, -0.1) is 0 Å². The summed E-state index contributed by atoms with van der Waals surface area (Å²) in [4.78, 5) is 32.5. The number of carbonyl (C=O) groups is 2. The molecule has 4 atom stereocenters. The number of ether oxygens (including phenoxy) is 2. The molecule has 0 N–H and O–H groups in total. The van der Waals surface area contributed by atoms with E-state index in [1.165, 1.54) is 0 Å². The summed E-state index contributed by atoms with van der Waals surface area (Å²) in [7, 11) is 0. The van der Waals surface area contributed by atoms with Crippen molar-refractivity contribution >= 4 is 17.7 Å². The van der Waals surface area contributed by atoms with Gasteiger partial charge in [-0.05, 0) is 44.6 Å². The first kappa shape index (κ1) is 18.0. The fourth-order valence-electron chi connectivity index (χ4n) is 5.27. The van der Waals surface area contributed by atoms with Gasteiger partial charge in [-0.3, -0.25) is 9.59 Å². The number of hydrogen-bond donors (Lipinski definition) is 0. The second-order valence-corrected chi connectivity index (χ2v) is 7.38. The van der Waals surface area contributed by atoms with Gasteiger partial charge in [0.25, 0.3) is 0 Å². The zero-order chi connectivity index (χ0) is 19.0. The summed E-state index contributed by atoms with van der Waals surface area (Å²) in [5.41, 5.74) is 0.257. The van der Waals surface area contributed by atoms with Crippen LogP contribution in [0, 0.1) is 17.3 Å². The summed E-state index contributed by atoms with van der Waals surface area (Å²) in [6, 6.07) is 9.60. The van der Waals surface area contributed by atoms with E-state index in [1.807, 2.05) is 30.3 Å². The highest BCUT2D eigenvalue weighted by Crippen LogP contribution is 2.62. The lowest BCUT2D eigenvalue weighted by atomic mass is 9.65. The van der Waals surface area contributed by atoms with Crippen LogP contribution in [0.1, 0.15) is 44.6 Å². The van der Waals surface area contributed by atoms with Crippen LogP contribution in [0.2, 0.25) is 0 Å². The summed E-state index contributed by atoms with van der Waals surface area (Å²) >= 11 is 0. The lowest BCUT2D eigenvalue weighted by Gasteiger charge is -2.38. The van der Waals surface area contributed by atoms with Crippen molar-refractivity contribution in [1.82, 2.24) is 0 Å². The normalized spacial score (nSPS) is 30.1. The van der Waals surface area contributed by atoms with E-state index in [2.05, 4.69) is 5.16 Å². The first-order valence-corrected chi connectivity index (χ1v) is 9.79. The Morgan fingerprint density at radius 1 is 1.11 bits per heavy atom. The van der Waals surface area contributed by atoms with Gasteiger partial charge in [0.15, 0.2) is 5.41 Å². The third kappa shape index (κ3) is 2.49. The molecule has 6 nitrogen and oxygen atoms in total. The molecule has 0 amide bonds. The van der Waals surface area contributed by atoms with Gasteiger partial charge >= 0.3 is 11.9 Å². The predicted octanol–water partition coefficient (Wildman–Crippen LogP) is 3.07. The average Bonchev–Trinajstić information content (AvgIpc) is 3.24. The van der Waals surface area contributed by atoms with Crippen LogP contribution in [0.25, 0.3) is 0 Å². The van der Waals surface area contributed by atoms with Crippen molar-refractivity contribution in [2.45, 2.75) is 45.1 Å². The quantitative estimate of drug-likeness (QED) is 0.587. The van der Waals surface area contributed by atoms with E-state index in [9.17, 15) is 9.59 Å². The number of benzene rings is 1. The van der Waals surface area contributed by atoms with E-state index in [0.717, 1.165) is 30.5 Å². The van der Waals surface area contributed by atoms with E-state index in [-0.39, 0.29) is 31.2 Å². The molecule has 6 heteroatoms. The van der Waals surface area contributed by atoms with Gasteiger partial charge in [-0.1, -0.05) is 35.5 Å². The maximum atomic E-state index is 13.4. The average molecular weight is 371 g/mol. The molecule has 27 heavy (non-hydrogen) atoms. The number of hydrogen-bond acceptors (Lipinski definition) is 6. The molecule has 3 aliphatic rings. The number of nitrogens with zero attached hydrogens (tertiary/aromatic N) is 1. The molecule has 0 saturated heterocycles. The second-order valence-electron chi connectivity index (χ2n) is 7.38. The maximum absolute atomic E-state index is 13.4. The van der Waals surface area contributed by atoms with Gasteiger partial charge in [0.1, 0.15) is 6.10 Å². The van der Waals surface area contributed by atoms with Gasteiger partial charge < -0.3 is 14.3 Å². The molecule has 2 saturated carbocycles. The van der Waals surface area contributed by atoms with Gasteiger partial charge in [0, 0.05) is 5.92 Å². The monoisotopic (exact) mass is 371 g/mol. The van der Waals surface area contributed by atoms with Crippen molar-refractivity contribution in [1.29, 1.82) is 0 Å². The summed E-state index contributed by atoms with van der Waals surface area (Å²) in [5, 5.41) is 4.38. The molecule has 1 aliphatic heterocycles. The predicted molar refractivity (Wildman–Crippen MR) is 98.0 cm³/mol. The van der Waals surface area contributed by atoms with Crippen molar-refractivity contribution < 1.29 is 23.9 Å². The summed E-state index contributed by atoms with van der Waals surface area (Å²) in [6.45, 7) is 3.94. The molecular formula is C21H25NO5. The zero-order valence-electron chi connectivity index (χ0n) is 15.7. The lowest BCUT2D eigenvalue weighted by Crippen LogP contribution is -2.51. The third-order valence-corrected chi connectivity index (χ3v) is 6.17. The van der Waals surface area contributed by atoms with E-state index in [4.69, 9.17) is 14.3 Å². The Bertz CT molecular complexity index is 741. The van der Waals surface area contributed by atoms with Crippen molar-refractivity contribution in [2.75, 3.05) is 13.2 Å². The molecule has 2 fully saturated rings. The molecule has 0 unspecified atom stereocenters. The summed E-state index contributed by atoms with van der Waals surface area (Å²) in [6.07, 6.45) is 2.45. The van der Waals surface area contributed by atoms with Crippen LogP contribution in [-0.2, 0) is 23.9 Å². The molecule has 0 spiro atoms. The Morgan fingerprint density at radius 2 is 1.78 bits per heavy atom. The molecule has 1 aromatic rings. The number of esters is 2. The topological polar surface area (TPSA) is 74.2 Å². The molecule has 144 valence electrons. The number of carbonyl (C=O) groups excluding carboxylic acids is 2. The minimum atomic E-state index is -1.40. The van der Waals surface area contributed by atoms with Crippen LogP contribution in [0.5, 0.6) is 0 Å².